The largest absolute Gasteiger partial charge is 0.528 e. The third kappa shape index (κ3) is 6.36. The highest BCUT2D eigenvalue weighted by molar-refractivity contribution is 6.06. The summed E-state index contributed by atoms with van der Waals surface area (Å²) in [5.74, 6) is -0.870. The molecule has 2 aliphatic carbocycles. The molecule has 0 bridgehead atoms. The minimum absolute atomic E-state index is 0.0584. The Morgan fingerprint density at radius 3 is 2.28 bits per heavy atom. The minimum Gasteiger partial charge on any atom is -0.528 e. The highest BCUT2D eigenvalue weighted by Crippen LogP contribution is 2.57. The average molecular weight is 569 g/mol. The van der Waals surface area contributed by atoms with Crippen LogP contribution in [0.3, 0.4) is 0 Å². The first-order valence-corrected chi connectivity index (χ1v) is 16.1. The molecule has 3 rings (SSSR count). The molecule has 1 N–H and O–H groups in total. The van der Waals surface area contributed by atoms with Crippen LogP contribution < -0.4 is 0 Å². The molecule has 2 saturated carbocycles. The van der Waals surface area contributed by atoms with Crippen LogP contribution in [0.15, 0.2) is 12.2 Å². The molecular weight excluding hydrogens is 511 g/mol. The van der Waals surface area contributed by atoms with Gasteiger partial charge in [-0.2, -0.15) is 0 Å². The molecule has 0 aromatic carbocycles. The van der Waals surface area contributed by atoms with Crippen molar-refractivity contribution in [2.24, 2.45) is 51.8 Å². The van der Waals surface area contributed by atoms with Gasteiger partial charge in [-0.3, -0.25) is 4.79 Å². The fourth-order valence-electron chi connectivity index (χ4n) is 7.73. The maximum atomic E-state index is 16.5. The number of hydrogen-bond acceptors (Lipinski definition) is 5. The van der Waals surface area contributed by atoms with E-state index in [-0.39, 0.29) is 57.6 Å². The summed E-state index contributed by atoms with van der Waals surface area (Å²) in [5.41, 5.74) is -0.659. The Hall–Kier alpha value is -0.763. The molecule has 0 spiro atoms. The van der Waals surface area contributed by atoms with Crippen LogP contribution in [0.2, 0.25) is 0 Å². The van der Waals surface area contributed by atoms with Crippen molar-refractivity contribution in [1.82, 2.24) is 0 Å². The Bertz CT molecular complexity index is 881. The molecular formula is C32H57FO5Si. The second-order valence-electron chi connectivity index (χ2n) is 15.3. The summed E-state index contributed by atoms with van der Waals surface area (Å²) >= 11 is 0. The van der Waals surface area contributed by atoms with Gasteiger partial charge in [0.25, 0.3) is 5.97 Å². The Balaban J connectivity index is 1.84. The van der Waals surface area contributed by atoms with Gasteiger partial charge in [-0.05, 0) is 73.0 Å². The summed E-state index contributed by atoms with van der Waals surface area (Å²) in [6.07, 6.45) is 6.53. The number of carbonyl (C=O) groups excluding carboxylic acids is 1. The summed E-state index contributed by atoms with van der Waals surface area (Å²) in [5, 5.41) is 10.7. The number of allylic oxidation sites excluding steroid dienone is 2. The number of hydrogen-bond donors (Lipinski definition) is 1. The summed E-state index contributed by atoms with van der Waals surface area (Å²) in [7, 11) is 1.83. The number of carbonyl (C=O) groups is 1. The van der Waals surface area contributed by atoms with Crippen LogP contribution in [0.5, 0.6) is 0 Å². The maximum Gasteiger partial charge on any atom is 0.298 e. The number of aliphatic hydroxyl groups excluding tert-OH is 1. The SMILES string of the molecule is CO[C@]1(C(F)CC(C)C(C)(C(=O)O[SiH3])C2CCC[C@@H]2O)C[C@@H]2[C@@H](C=C[C@@H](C)C(C)(C)C)[C@H](C(C)(C)C)C[C@@H]2O1. The third-order valence-corrected chi connectivity index (χ3v) is 11.5. The maximum absolute atomic E-state index is 16.5. The number of ether oxygens (including phenoxy) is 2. The molecule has 1 aliphatic heterocycles. The number of aliphatic hydroxyl groups is 1. The third-order valence-electron chi connectivity index (χ3n) is 11.2. The normalized spacial score (nSPS) is 37.5. The molecule has 0 radical (unpaired) electrons. The van der Waals surface area contributed by atoms with Crippen molar-refractivity contribution in [2.45, 2.75) is 125 Å². The molecule has 226 valence electrons. The predicted molar refractivity (Wildman–Crippen MR) is 158 cm³/mol. The molecule has 7 heteroatoms. The monoisotopic (exact) mass is 568 g/mol. The molecule has 4 unspecified atom stereocenters. The number of halogens is 1. The van der Waals surface area contributed by atoms with Crippen molar-refractivity contribution in [3.8, 4) is 0 Å². The van der Waals surface area contributed by atoms with Crippen LogP contribution in [0.25, 0.3) is 0 Å². The van der Waals surface area contributed by atoms with Crippen molar-refractivity contribution in [3.63, 3.8) is 0 Å². The van der Waals surface area contributed by atoms with Crippen LogP contribution in [0, 0.1) is 51.8 Å². The van der Waals surface area contributed by atoms with Crippen LogP contribution in [-0.4, -0.2) is 52.8 Å². The molecule has 0 amide bonds. The van der Waals surface area contributed by atoms with E-state index in [4.69, 9.17) is 13.9 Å². The summed E-state index contributed by atoms with van der Waals surface area (Å²) in [6.45, 7) is 19.7. The van der Waals surface area contributed by atoms with Crippen LogP contribution in [0.4, 0.5) is 4.39 Å². The predicted octanol–water partition coefficient (Wildman–Crippen LogP) is 6.01. The van der Waals surface area contributed by atoms with E-state index in [1.54, 1.807) is 7.11 Å². The molecule has 1 heterocycles. The van der Waals surface area contributed by atoms with Gasteiger partial charge in [-0.25, -0.2) is 4.39 Å². The molecule has 11 atom stereocenters. The molecule has 0 aromatic heterocycles. The zero-order valence-corrected chi connectivity index (χ0v) is 28.6. The van der Waals surface area contributed by atoms with E-state index in [1.807, 2.05) is 13.8 Å². The van der Waals surface area contributed by atoms with E-state index < -0.39 is 23.5 Å². The van der Waals surface area contributed by atoms with Crippen molar-refractivity contribution in [2.75, 3.05) is 7.11 Å². The summed E-state index contributed by atoms with van der Waals surface area (Å²) in [6, 6.07) is 0. The van der Waals surface area contributed by atoms with Gasteiger partial charge < -0.3 is 19.0 Å². The first kappa shape index (κ1) is 32.7. The van der Waals surface area contributed by atoms with Crippen molar-refractivity contribution in [3.05, 3.63) is 12.2 Å². The van der Waals surface area contributed by atoms with E-state index >= 15 is 4.39 Å². The fraction of sp³-hybridized carbons (Fsp3) is 0.906. The lowest BCUT2D eigenvalue weighted by Gasteiger charge is -2.42. The van der Waals surface area contributed by atoms with Gasteiger partial charge in [0.2, 0.25) is 10.5 Å². The topological polar surface area (TPSA) is 65.0 Å². The zero-order chi connectivity index (χ0) is 29.6. The van der Waals surface area contributed by atoms with Crippen LogP contribution in [0.1, 0.15) is 101 Å². The molecule has 1 saturated heterocycles. The molecule has 3 aliphatic rings. The lowest BCUT2D eigenvalue weighted by atomic mass is 9.65. The second-order valence-corrected chi connectivity index (χ2v) is 15.8. The van der Waals surface area contributed by atoms with Crippen molar-refractivity contribution < 1.29 is 28.2 Å². The van der Waals surface area contributed by atoms with Gasteiger partial charge in [-0.15, -0.1) is 0 Å². The van der Waals surface area contributed by atoms with E-state index in [0.717, 1.165) is 19.3 Å². The van der Waals surface area contributed by atoms with E-state index in [9.17, 15) is 9.90 Å². The highest BCUT2D eigenvalue weighted by atomic mass is 28.2. The standard InChI is InChI=1S/C32H57FO5Si/c1-19(29(3,4)5)14-15-21-22-18-32(36-10,37-26(22)17-24(21)30(6,7)8)27(33)16-20(2)31(9,28(35)38-39)23-12-11-13-25(23)34/h14-15,19-27,34H,11-13,16-18H2,1-10,39H3/t19-,20?,21-,22-,23?,24-,25+,26+,27?,31?,32-/m1/s1. The number of fused-ring (bicyclic) bond motifs is 1. The van der Waals surface area contributed by atoms with E-state index in [1.165, 1.54) is 0 Å². The number of alkyl halides is 1. The van der Waals surface area contributed by atoms with E-state index in [0.29, 0.717) is 30.6 Å². The fourth-order valence-corrected chi connectivity index (χ4v) is 8.17. The molecule has 39 heavy (non-hydrogen) atoms. The van der Waals surface area contributed by atoms with Crippen molar-refractivity contribution in [1.29, 1.82) is 0 Å². The smallest absolute Gasteiger partial charge is 0.298 e. The second kappa shape index (κ2) is 11.8. The van der Waals surface area contributed by atoms with Gasteiger partial charge in [0.15, 0.2) is 12.0 Å². The van der Waals surface area contributed by atoms with Crippen molar-refractivity contribution >= 4 is 16.5 Å². The molecule has 3 fully saturated rings. The minimum atomic E-state index is -1.39. The highest BCUT2D eigenvalue weighted by Gasteiger charge is 2.61. The summed E-state index contributed by atoms with van der Waals surface area (Å²) in [4.78, 5) is 13.1. The average Bonchev–Trinajstić information content (AvgIpc) is 3.53. The van der Waals surface area contributed by atoms with Gasteiger partial charge in [0, 0.05) is 19.4 Å². The van der Waals surface area contributed by atoms with Gasteiger partial charge in [0.1, 0.15) is 0 Å². The Morgan fingerprint density at radius 1 is 1.15 bits per heavy atom. The number of methoxy groups -OCH3 is 1. The van der Waals surface area contributed by atoms with Crippen LogP contribution >= 0.6 is 0 Å². The number of rotatable bonds is 9. The van der Waals surface area contributed by atoms with Gasteiger partial charge >= 0.3 is 0 Å². The summed E-state index contributed by atoms with van der Waals surface area (Å²) < 4.78 is 34.3. The van der Waals surface area contributed by atoms with Crippen LogP contribution in [-0.2, 0) is 18.7 Å². The molecule has 5 nitrogen and oxygen atoms in total. The zero-order valence-electron chi connectivity index (χ0n) is 26.6. The Morgan fingerprint density at radius 2 is 1.79 bits per heavy atom. The van der Waals surface area contributed by atoms with Gasteiger partial charge in [-0.1, -0.05) is 74.0 Å². The Labute approximate surface area is 240 Å². The first-order chi connectivity index (χ1) is 17.9. The quantitative estimate of drug-likeness (QED) is 0.273. The Kier molecular flexibility index (Phi) is 9.95. The lowest BCUT2D eigenvalue weighted by molar-refractivity contribution is -0.252. The first-order valence-electron chi connectivity index (χ1n) is 15.2. The molecule has 0 aromatic rings. The van der Waals surface area contributed by atoms with E-state index in [2.05, 4.69) is 60.6 Å². The lowest BCUT2D eigenvalue weighted by Crippen LogP contribution is -2.49. The van der Waals surface area contributed by atoms with Gasteiger partial charge in [0.05, 0.1) is 17.6 Å².